The number of alkyl halides is 3. The van der Waals surface area contributed by atoms with Gasteiger partial charge in [-0.15, -0.1) is 13.2 Å². The zero-order valence-electron chi connectivity index (χ0n) is 22.6. The summed E-state index contributed by atoms with van der Waals surface area (Å²) in [6.45, 7) is 4.05. The van der Waals surface area contributed by atoms with E-state index >= 15 is 0 Å². The number of para-hydroxylation sites is 2. The highest BCUT2D eigenvalue weighted by molar-refractivity contribution is 6.04. The van der Waals surface area contributed by atoms with E-state index < -0.39 is 29.9 Å². The molecule has 0 bridgehead atoms. The molecule has 0 spiro atoms. The molecule has 216 valence electrons. The minimum atomic E-state index is -4.80. The summed E-state index contributed by atoms with van der Waals surface area (Å²) in [7, 11) is 1.60. The smallest absolute Gasteiger partial charge is 0.465 e. The first-order valence-electron chi connectivity index (χ1n) is 13.2. The van der Waals surface area contributed by atoms with Crippen LogP contribution in [-0.2, 0) is 16.1 Å². The molecule has 2 N–H and O–H groups in total. The van der Waals surface area contributed by atoms with Gasteiger partial charge < -0.3 is 25.0 Å². The number of nitrogens with zero attached hydrogens (tertiary/aromatic N) is 3. The number of nitrogens with one attached hydrogen (secondary N) is 1. The molecule has 0 unspecified atom stereocenters. The van der Waals surface area contributed by atoms with E-state index in [-0.39, 0.29) is 30.8 Å². The van der Waals surface area contributed by atoms with Crippen LogP contribution in [0, 0.1) is 0 Å². The first kappa shape index (κ1) is 29.0. The summed E-state index contributed by atoms with van der Waals surface area (Å²) in [5.74, 6) is -1.21. The summed E-state index contributed by atoms with van der Waals surface area (Å²) in [4.78, 5) is 43.9. The molecule has 9 nitrogen and oxygen atoms in total. The van der Waals surface area contributed by atoms with Crippen LogP contribution >= 0.6 is 0 Å². The molecule has 1 saturated carbocycles. The molecule has 0 radical (unpaired) electrons. The van der Waals surface area contributed by atoms with E-state index in [0.29, 0.717) is 42.6 Å². The Balaban J connectivity index is 1.60. The van der Waals surface area contributed by atoms with Crippen molar-refractivity contribution >= 4 is 29.3 Å². The van der Waals surface area contributed by atoms with Crippen molar-refractivity contribution in [3.63, 3.8) is 0 Å². The maximum Gasteiger partial charge on any atom is 0.573 e. The van der Waals surface area contributed by atoms with Gasteiger partial charge in [0, 0.05) is 26.2 Å². The van der Waals surface area contributed by atoms with E-state index in [0.717, 1.165) is 0 Å². The van der Waals surface area contributed by atoms with Crippen molar-refractivity contribution in [2.24, 2.45) is 0 Å². The second-order valence-electron chi connectivity index (χ2n) is 10.1. The van der Waals surface area contributed by atoms with Crippen LogP contribution in [0.3, 0.4) is 0 Å². The lowest BCUT2D eigenvalue weighted by atomic mass is 10.1. The average Bonchev–Trinajstić information content (AvgIpc) is 3.72. The number of halogens is 3. The topological polar surface area (TPSA) is 102 Å². The normalized spacial score (nSPS) is 18.2. The van der Waals surface area contributed by atoms with Crippen molar-refractivity contribution in [3.8, 4) is 5.75 Å². The third kappa shape index (κ3) is 5.95. The second kappa shape index (κ2) is 11.3. The number of ether oxygens (including phenoxy) is 1. The Labute approximate surface area is 230 Å². The number of carbonyl (C=O) groups is 3. The summed E-state index contributed by atoms with van der Waals surface area (Å²) >= 11 is 0. The summed E-state index contributed by atoms with van der Waals surface area (Å²) in [6, 6.07) is 11.3. The molecule has 1 aliphatic carbocycles. The zero-order valence-corrected chi connectivity index (χ0v) is 22.6. The maximum absolute atomic E-state index is 13.6. The number of hydrogen-bond acceptors (Lipinski definition) is 5. The van der Waals surface area contributed by atoms with Gasteiger partial charge in [0.2, 0.25) is 5.91 Å². The van der Waals surface area contributed by atoms with Crippen LogP contribution in [0.4, 0.5) is 29.3 Å². The molecule has 3 amide bonds. The number of carbonyl (C=O) groups excluding carboxylic acids is 2. The molecule has 12 heteroatoms. The van der Waals surface area contributed by atoms with Gasteiger partial charge in [-0.1, -0.05) is 38.1 Å². The van der Waals surface area contributed by atoms with Crippen LogP contribution in [-0.4, -0.2) is 65.5 Å². The molecular weight excluding hydrogens is 529 g/mol. The Morgan fingerprint density at radius 2 is 1.70 bits per heavy atom. The third-order valence-corrected chi connectivity index (χ3v) is 7.57. The average molecular weight is 563 g/mol. The number of amides is 3. The number of benzene rings is 2. The van der Waals surface area contributed by atoms with E-state index in [9.17, 15) is 32.7 Å². The van der Waals surface area contributed by atoms with Gasteiger partial charge in [0.05, 0.1) is 11.4 Å². The summed E-state index contributed by atoms with van der Waals surface area (Å²) in [6.07, 6.45) is -4.12. The molecule has 4 rings (SSSR count). The fourth-order valence-electron chi connectivity index (χ4n) is 5.37. The molecular formula is C28H33F3N4O5. The minimum Gasteiger partial charge on any atom is -0.465 e. The van der Waals surface area contributed by atoms with Gasteiger partial charge in [0.25, 0.3) is 5.91 Å². The van der Waals surface area contributed by atoms with Crippen LogP contribution in [0.25, 0.3) is 0 Å². The predicted octanol–water partition coefficient (Wildman–Crippen LogP) is 4.75. The second-order valence-corrected chi connectivity index (χ2v) is 10.1. The number of rotatable bonds is 9. The fraction of sp³-hybridized carbons (Fsp3) is 0.464. The first-order valence-corrected chi connectivity index (χ1v) is 13.2. The van der Waals surface area contributed by atoms with Crippen LogP contribution in [0.1, 0.15) is 45.1 Å². The van der Waals surface area contributed by atoms with E-state index in [1.165, 1.54) is 34.1 Å². The van der Waals surface area contributed by atoms with Crippen molar-refractivity contribution in [2.75, 3.05) is 23.4 Å². The lowest BCUT2D eigenvalue weighted by Gasteiger charge is -2.36. The molecule has 1 atom stereocenters. The van der Waals surface area contributed by atoms with Crippen LogP contribution in [0.5, 0.6) is 5.75 Å². The summed E-state index contributed by atoms with van der Waals surface area (Å²) < 4.78 is 41.7. The highest BCUT2D eigenvalue weighted by Crippen LogP contribution is 2.44. The number of carboxylic acid groups (broad SMARTS) is 1. The molecule has 2 aliphatic rings. The molecule has 1 heterocycles. The largest absolute Gasteiger partial charge is 0.573 e. The van der Waals surface area contributed by atoms with E-state index in [2.05, 4.69) is 10.1 Å². The SMILES string of the molecule is CCC(CC)N(C(=O)O)C1(C(=O)N[C@@H]2CN(Cc3ccc(OC(F)(F)F)cc3)c3ccccc3N(C)C2=O)CC1. The Bertz CT molecular complexity index is 1250. The molecule has 2 aromatic carbocycles. The Hall–Kier alpha value is -3.96. The molecule has 40 heavy (non-hydrogen) atoms. The quantitative estimate of drug-likeness (QED) is 0.457. The molecule has 1 aliphatic heterocycles. The minimum absolute atomic E-state index is 0.0703. The van der Waals surface area contributed by atoms with E-state index in [1.807, 2.05) is 30.9 Å². The van der Waals surface area contributed by atoms with Gasteiger partial charge in [-0.3, -0.25) is 14.5 Å². The van der Waals surface area contributed by atoms with Crippen molar-refractivity contribution in [2.45, 2.75) is 70.1 Å². The van der Waals surface area contributed by atoms with Gasteiger partial charge in [0.1, 0.15) is 17.3 Å². The molecule has 1 fully saturated rings. The molecule has 0 aromatic heterocycles. The van der Waals surface area contributed by atoms with Crippen LogP contribution in [0.15, 0.2) is 48.5 Å². The Morgan fingerprint density at radius 3 is 2.23 bits per heavy atom. The Kier molecular flexibility index (Phi) is 8.18. The van der Waals surface area contributed by atoms with Crippen LogP contribution < -0.4 is 19.9 Å². The number of likely N-dealkylation sites (N-methyl/N-ethyl adjacent to an activating group) is 1. The van der Waals surface area contributed by atoms with Crippen molar-refractivity contribution in [1.82, 2.24) is 10.2 Å². The standard InChI is InChI=1S/C28H33F3N4O5/c1-4-19(5-2)35(26(38)39)27(14-15-27)25(37)32-21-17-34(23-9-7-6-8-22(23)33(3)24(21)36)16-18-10-12-20(13-11-18)40-28(29,30)31/h6-13,19,21H,4-5,14-17H2,1-3H3,(H,32,37)(H,38,39)/t21-/m1/s1. The van der Waals surface area contributed by atoms with Gasteiger partial charge in [0.15, 0.2) is 0 Å². The predicted molar refractivity (Wildman–Crippen MR) is 142 cm³/mol. The maximum atomic E-state index is 13.6. The fourth-order valence-corrected chi connectivity index (χ4v) is 5.37. The van der Waals surface area contributed by atoms with Crippen molar-refractivity contribution < 1.29 is 37.4 Å². The first-order chi connectivity index (χ1) is 18.9. The zero-order chi connectivity index (χ0) is 29.2. The van der Waals surface area contributed by atoms with Crippen LogP contribution in [0.2, 0.25) is 0 Å². The Morgan fingerprint density at radius 1 is 1.10 bits per heavy atom. The van der Waals surface area contributed by atoms with Gasteiger partial charge in [-0.25, -0.2) is 4.79 Å². The molecule has 0 saturated heterocycles. The van der Waals surface area contributed by atoms with Gasteiger partial charge in [-0.05, 0) is 55.5 Å². The van der Waals surface area contributed by atoms with Crippen molar-refractivity contribution in [3.05, 3.63) is 54.1 Å². The number of anilines is 2. The lowest BCUT2D eigenvalue weighted by molar-refractivity contribution is -0.274. The summed E-state index contributed by atoms with van der Waals surface area (Å²) in [5.41, 5.74) is 0.748. The van der Waals surface area contributed by atoms with Gasteiger partial charge in [-0.2, -0.15) is 0 Å². The van der Waals surface area contributed by atoms with E-state index in [1.54, 1.807) is 19.2 Å². The van der Waals surface area contributed by atoms with Gasteiger partial charge >= 0.3 is 12.5 Å². The monoisotopic (exact) mass is 562 g/mol. The highest BCUT2D eigenvalue weighted by atomic mass is 19.4. The number of fused-ring (bicyclic) bond motifs is 1. The van der Waals surface area contributed by atoms with Crippen molar-refractivity contribution in [1.29, 1.82) is 0 Å². The lowest BCUT2D eigenvalue weighted by Crippen LogP contribution is -2.60. The summed E-state index contributed by atoms with van der Waals surface area (Å²) in [5, 5.41) is 12.8. The van der Waals surface area contributed by atoms with E-state index in [4.69, 9.17) is 0 Å². The molecule has 2 aromatic rings. The number of hydrogen-bond donors (Lipinski definition) is 2. The highest BCUT2D eigenvalue weighted by Gasteiger charge is 2.59. The third-order valence-electron chi connectivity index (χ3n) is 7.57.